The first-order valence-electron chi connectivity index (χ1n) is 7.26. The standard InChI is InChI=1S/C15H20N2O5S/c1-9-3-4-12(14(16)18)13(7-9)22-10(2)15(19)17-11-5-6-23(20,21)8-11/h3-4,7,10-11H,5-6,8H2,1-2H3,(H2,16,18)(H,17,19). The summed E-state index contributed by atoms with van der Waals surface area (Å²) in [5.74, 6) is -0.808. The highest BCUT2D eigenvalue weighted by Crippen LogP contribution is 2.21. The molecule has 0 spiro atoms. The van der Waals surface area contributed by atoms with Gasteiger partial charge in [-0.3, -0.25) is 9.59 Å². The average molecular weight is 340 g/mol. The Bertz CT molecular complexity index is 729. The molecule has 0 radical (unpaired) electrons. The maximum absolute atomic E-state index is 12.1. The van der Waals surface area contributed by atoms with Gasteiger partial charge in [0.05, 0.1) is 17.1 Å². The second-order valence-corrected chi connectivity index (χ2v) is 7.96. The molecule has 2 unspecified atom stereocenters. The summed E-state index contributed by atoms with van der Waals surface area (Å²) >= 11 is 0. The van der Waals surface area contributed by atoms with Crippen LogP contribution in [0.3, 0.4) is 0 Å². The fraction of sp³-hybridized carbons (Fsp3) is 0.467. The number of hydrogen-bond donors (Lipinski definition) is 2. The molecular weight excluding hydrogens is 320 g/mol. The quantitative estimate of drug-likeness (QED) is 0.792. The molecule has 0 aromatic heterocycles. The number of rotatable bonds is 5. The first-order valence-corrected chi connectivity index (χ1v) is 9.08. The van der Waals surface area contributed by atoms with Gasteiger partial charge in [-0.25, -0.2) is 8.42 Å². The highest BCUT2D eigenvalue weighted by atomic mass is 32.2. The SMILES string of the molecule is Cc1ccc(C(N)=O)c(OC(C)C(=O)NC2CCS(=O)(=O)C2)c1. The van der Waals surface area contributed by atoms with Gasteiger partial charge in [-0.2, -0.15) is 0 Å². The van der Waals surface area contributed by atoms with Crippen LogP contribution in [0.1, 0.15) is 29.3 Å². The predicted molar refractivity (Wildman–Crippen MR) is 85.0 cm³/mol. The molecule has 2 rings (SSSR count). The molecule has 23 heavy (non-hydrogen) atoms. The number of carbonyl (C=O) groups excluding carboxylic acids is 2. The van der Waals surface area contributed by atoms with Crippen LogP contribution in [0, 0.1) is 6.92 Å². The lowest BCUT2D eigenvalue weighted by atomic mass is 10.1. The number of primary amides is 1. The van der Waals surface area contributed by atoms with Crippen molar-refractivity contribution in [1.82, 2.24) is 5.32 Å². The van der Waals surface area contributed by atoms with Crippen molar-refractivity contribution in [2.75, 3.05) is 11.5 Å². The van der Waals surface area contributed by atoms with E-state index in [9.17, 15) is 18.0 Å². The van der Waals surface area contributed by atoms with Crippen LogP contribution >= 0.6 is 0 Å². The number of carbonyl (C=O) groups is 2. The van der Waals surface area contributed by atoms with E-state index in [1.165, 1.54) is 6.92 Å². The summed E-state index contributed by atoms with van der Waals surface area (Å²) in [6.07, 6.45) is -0.476. The molecule has 2 atom stereocenters. The van der Waals surface area contributed by atoms with Crippen molar-refractivity contribution in [3.63, 3.8) is 0 Å². The van der Waals surface area contributed by atoms with E-state index in [1.54, 1.807) is 18.2 Å². The fourth-order valence-corrected chi connectivity index (χ4v) is 4.08. The van der Waals surface area contributed by atoms with Crippen molar-refractivity contribution in [2.24, 2.45) is 5.73 Å². The average Bonchev–Trinajstić information content (AvgIpc) is 2.77. The van der Waals surface area contributed by atoms with Crippen molar-refractivity contribution < 1.29 is 22.7 Å². The summed E-state index contributed by atoms with van der Waals surface area (Å²) in [7, 11) is -3.07. The molecule has 1 heterocycles. The van der Waals surface area contributed by atoms with E-state index in [2.05, 4.69) is 5.32 Å². The topological polar surface area (TPSA) is 116 Å². The molecule has 1 fully saturated rings. The van der Waals surface area contributed by atoms with E-state index in [-0.39, 0.29) is 22.8 Å². The normalized spacial score (nSPS) is 20.7. The summed E-state index contributed by atoms with van der Waals surface area (Å²) < 4.78 is 28.4. The third-order valence-electron chi connectivity index (χ3n) is 3.65. The van der Waals surface area contributed by atoms with Crippen LogP contribution in [-0.2, 0) is 14.6 Å². The zero-order valence-corrected chi connectivity index (χ0v) is 13.9. The Kier molecular flexibility index (Phi) is 4.93. The van der Waals surface area contributed by atoms with Gasteiger partial charge in [0.25, 0.3) is 11.8 Å². The molecule has 1 aromatic rings. The second-order valence-electron chi connectivity index (χ2n) is 5.73. The van der Waals surface area contributed by atoms with Crippen molar-refractivity contribution in [3.8, 4) is 5.75 Å². The Morgan fingerprint density at radius 1 is 1.39 bits per heavy atom. The maximum Gasteiger partial charge on any atom is 0.261 e. The molecule has 2 amide bonds. The van der Waals surface area contributed by atoms with Crippen LogP contribution in [-0.4, -0.2) is 43.9 Å². The molecular formula is C15H20N2O5S. The second kappa shape index (κ2) is 6.57. The number of nitrogens with two attached hydrogens (primary N) is 1. The van der Waals surface area contributed by atoms with E-state index in [1.807, 2.05) is 6.92 Å². The maximum atomic E-state index is 12.1. The lowest BCUT2D eigenvalue weighted by Gasteiger charge is -2.19. The minimum Gasteiger partial charge on any atom is -0.480 e. The number of benzene rings is 1. The molecule has 1 aliphatic heterocycles. The molecule has 1 saturated heterocycles. The van der Waals surface area contributed by atoms with Crippen LogP contribution in [0.2, 0.25) is 0 Å². The van der Waals surface area contributed by atoms with Crippen molar-refractivity contribution >= 4 is 21.7 Å². The largest absolute Gasteiger partial charge is 0.480 e. The summed E-state index contributed by atoms with van der Waals surface area (Å²) in [4.78, 5) is 23.5. The summed E-state index contributed by atoms with van der Waals surface area (Å²) in [6.45, 7) is 3.36. The Hall–Kier alpha value is -2.09. The molecule has 7 nitrogen and oxygen atoms in total. The van der Waals surface area contributed by atoms with Crippen LogP contribution in [0.5, 0.6) is 5.75 Å². The number of hydrogen-bond acceptors (Lipinski definition) is 5. The number of aryl methyl sites for hydroxylation is 1. The molecule has 126 valence electrons. The van der Waals surface area contributed by atoms with Gasteiger partial charge in [0.15, 0.2) is 15.9 Å². The predicted octanol–water partition coefficient (Wildman–Crippen LogP) is 0.165. The summed E-state index contributed by atoms with van der Waals surface area (Å²) in [6, 6.07) is 4.50. The smallest absolute Gasteiger partial charge is 0.261 e. The Morgan fingerprint density at radius 2 is 2.09 bits per heavy atom. The van der Waals surface area contributed by atoms with Crippen molar-refractivity contribution in [3.05, 3.63) is 29.3 Å². The van der Waals surface area contributed by atoms with Gasteiger partial charge >= 0.3 is 0 Å². The van der Waals surface area contributed by atoms with E-state index >= 15 is 0 Å². The third kappa shape index (κ3) is 4.44. The summed E-state index contributed by atoms with van der Waals surface area (Å²) in [5, 5.41) is 2.66. The van der Waals surface area contributed by atoms with Gasteiger partial charge in [0.2, 0.25) is 0 Å². The zero-order valence-electron chi connectivity index (χ0n) is 13.0. The number of sulfone groups is 1. The van der Waals surface area contributed by atoms with E-state index in [4.69, 9.17) is 10.5 Å². The monoisotopic (exact) mass is 340 g/mol. The van der Waals surface area contributed by atoms with Gasteiger partial charge < -0.3 is 15.8 Å². The molecule has 0 aliphatic carbocycles. The van der Waals surface area contributed by atoms with Crippen molar-refractivity contribution in [2.45, 2.75) is 32.4 Å². The third-order valence-corrected chi connectivity index (χ3v) is 5.42. The van der Waals surface area contributed by atoms with Crippen LogP contribution < -0.4 is 15.8 Å². The van der Waals surface area contributed by atoms with Crippen LogP contribution in [0.25, 0.3) is 0 Å². The summed E-state index contributed by atoms with van der Waals surface area (Å²) in [5.41, 5.74) is 6.35. The highest BCUT2D eigenvalue weighted by molar-refractivity contribution is 7.91. The van der Waals surface area contributed by atoms with Gasteiger partial charge in [-0.05, 0) is 38.0 Å². The Morgan fingerprint density at radius 3 is 2.65 bits per heavy atom. The van der Waals surface area contributed by atoms with E-state index < -0.39 is 33.8 Å². The van der Waals surface area contributed by atoms with Gasteiger partial charge in [-0.15, -0.1) is 0 Å². The first-order chi connectivity index (χ1) is 10.7. The van der Waals surface area contributed by atoms with Gasteiger partial charge in [0, 0.05) is 6.04 Å². The van der Waals surface area contributed by atoms with E-state index in [0.29, 0.717) is 6.42 Å². The number of nitrogens with one attached hydrogen (secondary N) is 1. The van der Waals surface area contributed by atoms with Crippen molar-refractivity contribution in [1.29, 1.82) is 0 Å². The molecule has 3 N–H and O–H groups in total. The first kappa shape index (κ1) is 17.3. The highest BCUT2D eigenvalue weighted by Gasteiger charge is 2.30. The molecule has 8 heteroatoms. The Labute approximate surface area is 135 Å². The molecule has 1 aliphatic rings. The Balaban J connectivity index is 2.04. The molecule has 0 bridgehead atoms. The fourth-order valence-electron chi connectivity index (χ4n) is 2.40. The lowest BCUT2D eigenvalue weighted by Crippen LogP contribution is -2.43. The molecule has 0 saturated carbocycles. The van der Waals surface area contributed by atoms with Crippen LogP contribution in [0.4, 0.5) is 0 Å². The number of amides is 2. The van der Waals surface area contributed by atoms with E-state index in [0.717, 1.165) is 5.56 Å². The number of ether oxygens (including phenoxy) is 1. The van der Waals surface area contributed by atoms with Gasteiger partial charge in [0.1, 0.15) is 5.75 Å². The van der Waals surface area contributed by atoms with Gasteiger partial charge in [-0.1, -0.05) is 6.07 Å². The zero-order chi connectivity index (χ0) is 17.2. The van der Waals surface area contributed by atoms with Crippen LogP contribution in [0.15, 0.2) is 18.2 Å². The minimum absolute atomic E-state index is 0.0531. The minimum atomic E-state index is -3.07. The lowest BCUT2D eigenvalue weighted by molar-refractivity contribution is -0.127. The molecule has 1 aromatic carbocycles.